The lowest BCUT2D eigenvalue weighted by atomic mass is 10.0. The minimum Gasteiger partial charge on any atom is -0.497 e. The molecule has 1 aliphatic heterocycles. The maximum Gasteiger partial charge on any atom is 0.253 e. The average molecular weight is 479 g/mol. The predicted molar refractivity (Wildman–Crippen MR) is 138 cm³/mol. The van der Waals surface area contributed by atoms with E-state index in [1.807, 2.05) is 35.2 Å². The molecule has 2 heterocycles. The summed E-state index contributed by atoms with van der Waals surface area (Å²) in [7, 11) is 1.68. The van der Waals surface area contributed by atoms with Crippen LogP contribution >= 0.6 is 11.5 Å². The van der Waals surface area contributed by atoms with Crippen LogP contribution in [0.25, 0.3) is 0 Å². The van der Waals surface area contributed by atoms with E-state index in [0.29, 0.717) is 13.0 Å². The van der Waals surface area contributed by atoms with E-state index in [2.05, 4.69) is 34.4 Å². The van der Waals surface area contributed by atoms with Gasteiger partial charge in [-0.25, -0.2) is 4.98 Å². The summed E-state index contributed by atoms with van der Waals surface area (Å²) in [5.41, 5.74) is 3.23. The molecule has 1 fully saturated rings. The van der Waals surface area contributed by atoms with Crippen molar-refractivity contribution in [2.75, 3.05) is 38.2 Å². The standard InChI is InChI=1S/C27H34N4O2S/c1-3-4-5-8-21-11-13-23(14-12-21)26(32)30-15-7-16-31(18-17-30)27-28-25(29-34-27)20-22-9-6-10-24(19-22)33-2/h6,9-14,19H,3-5,7-8,15-18,20H2,1-2H3. The van der Waals surface area contributed by atoms with Gasteiger partial charge in [0.05, 0.1) is 7.11 Å². The zero-order valence-corrected chi connectivity index (χ0v) is 21.0. The highest BCUT2D eigenvalue weighted by molar-refractivity contribution is 7.09. The van der Waals surface area contributed by atoms with Crippen molar-refractivity contribution in [2.45, 2.75) is 45.4 Å². The normalized spacial score (nSPS) is 14.2. The smallest absolute Gasteiger partial charge is 0.253 e. The first-order chi connectivity index (χ1) is 16.7. The first-order valence-electron chi connectivity index (χ1n) is 12.2. The van der Waals surface area contributed by atoms with Crippen LogP contribution in [0, 0.1) is 0 Å². The fraction of sp³-hybridized carbons (Fsp3) is 0.444. The number of unbranched alkanes of at least 4 members (excludes halogenated alkanes) is 2. The molecule has 0 radical (unpaired) electrons. The minimum atomic E-state index is 0.123. The molecule has 0 saturated carbocycles. The Bertz CT molecular complexity index is 1070. The molecule has 1 saturated heterocycles. The second-order valence-electron chi connectivity index (χ2n) is 8.81. The number of carbonyl (C=O) groups is 1. The molecule has 0 N–H and O–H groups in total. The molecule has 7 heteroatoms. The maximum atomic E-state index is 13.1. The van der Waals surface area contributed by atoms with E-state index in [9.17, 15) is 4.79 Å². The van der Waals surface area contributed by atoms with Crippen LogP contribution in [-0.4, -0.2) is 53.5 Å². The van der Waals surface area contributed by atoms with Crippen molar-refractivity contribution in [3.8, 4) is 5.75 Å². The van der Waals surface area contributed by atoms with Gasteiger partial charge in [0, 0.05) is 49.7 Å². The SMILES string of the molecule is CCCCCc1ccc(C(=O)N2CCCN(c3nc(Cc4cccc(OC)c4)ns3)CC2)cc1. The Balaban J connectivity index is 1.33. The molecule has 2 aromatic carbocycles. The summed E-state index contributed by atoms with van der Waals surface area (Å²) < 4.78 is 9.89. The molecular weight excluding hydrogens is 444 g/mol. The van der Waals surface area contributed by atoms with Crippen molar-refractivity contribution in [3.63, 3.8) is 0 Å². The Hall–Kier alpha value is -2.93. The Morgan fingerprint density at radius 2 is 1.88 bits per heavy atom. The quantitative estimate of drug-likeness (QED) is 0.395. The number of aromatic nitrogens is 2. The number of nitrogens with zero attached hydrogens (tertiary/aromatic N) is 4. The van der Waals surface area contributed by atoms with Crippen molar-refractivity contribution in [2.24, 2.45) is 0 Å². The highest BCUT2D eigenvalue weighted by Crippen LogP contribution is 2.22. The van der Waals surface area contributed by atoms with Gasteiger partial charge in [-0.05, 0) is 54.7 Å². The van der Waals surface area contributed by atoms with Crippen LogP contribution in [0.5, 0.6) is 5.75 Å². The Morgan fingerprint density at radius 1 is 1.03 bits per heavy atom. The van der Waals surface area contributed by atoms with Crippen LogP contribution in [-0.2, 0) is 12.8 Å². The summed E-state index contributed by atoms with van der Waals surface area (Å²) >= 11 is 1.44. The summed E-state index contributed by atoms with van der Waals surface area (Å²) in [6, 6.07) is 16.2. The molecule has 6 nitrogen and oxygen atoms in total. The van der Waals surface area contributed by atoms with Crippen LogP contribution < -0.4 is 9.64 Å². The van der Waals surface area contributed by atoms with Crippen molar-refractivity contribution < 1.29 is 9.53 Å². The van der Waals surface area contributed by atoms with Crippen LogP contribution in [0.1, 0.15) is 59.9 Å². The fourth-order valence-electron chi connectivity index (χ4n) is 4.30. The molecule has 180 valence electrons. The molecule has 0 unspecified atom stereocenters. The van der Waals surface area contributed by atoms with Gasteiger partial charge >= 0.3 is 0 Å². The van der Waals surface area contributed by atoms with Gasteiger partial charge < -0.3 is 14.5 Å². The number of amides is 1. The van der Waals surface area contributed by atoms with Crippen molar-refractivity contribution >= 4 is 22.6 Å². The van der Waals surface area contributed by atoms with Crippen LogP contribution in [0.4, 0.5) is 5.13 Å². The summed E-state index contributed by atoms with van der Waals surface area (Å²) in [6.45, 7) is 5.34. The van der Waals surface area contributed by atoms with E-state index >= 15 is 0 Å². The number of methoxy groups -OCH3 is 1. The highest BCUT2D eigenvalue weighted by atomic mass is 32.1. The lowest BCUT2D eigenvalue weighted by Crippen LogP contribution is -2.35. The summed E-state index contributed by atoms with van der Waals surface area (Å²) in [5.74, 6) is 1.79. The number of benzene rings is 2. The minimum absolute atomic E-state index is 0.123. The number of hydrogen-bond donors (Lipinski definition) is 0. The molecule has 1 aliphatic rings. The van der Waals surface area contributed by atoms with Gasteiger partial charge in [-0.3, -0.25) is 4.79 Å². The topological polar surface area (TPSA) is 58.6 Å². The summed E-state index contributed by atoms with van der Waals surface area (Å²) in [6.07, 6.45) is 6.37. The van der Waals surface area contributed by atoms with Gasteiger partial charge in [0.25, 0.3) is 5.91 Å². The van der Waals surface area contributed by atoms with E-state index < -0.39 is 0 Å². The van der Waals surface area contributed by atoms with Gasteiger partial charge in [-0.15, -0.1) is 0 Å². The van der Waals surface area contributed by atoms with Crippen LogP contribution in [0.15, 0.2) is 48.5 Å². The highest BCUT2D eigenvalue weighted by Gasteiger charge is 2.22. The first kappa shape index (κ1) is 24.2. The largest absolute Gasteiger partial charge is 0.497 e. The second-order valence-corrected chi connectivity index (χ2v) is 9.54. The van der Waals surface area contributed by atoms with Gasteiger partial charge in [0.1, 0.15) is 11.6 Å². The van der Waals surface area contributed by atoms with Gasteiger partial charge in [-0.1, -0.05) is 44.0 Å². The monoisotopic (exact) mass is 478 g/mol. The molecule has 4 rings (SSSR count). The Kier molecular flexibility index (Phi) is 8.52. The zero-order valence-electron chi connectivity index (χ0n) is 20.2. The number of carbonyl (C=O) groups excluding carboxylic acids is 1. The molecule has 34 heavy (non-hydrogen) atoms. The molecule has 3 aromatic rings. The molecule has 0 atom stereocenters. The Labute approximate surface area is 206 Å². The number of ether oxygens (including phenoxy) is 1. The summed E-state index contributed by atoms with van der Waals surface area (Å²) in [5, 5.41) is 0.934. The molecular formula is C27H34N4O2S. The van der Waals surface area contributed by atoms with E-state index in [4.69, 9.17) is 9.72 Å². The van der Waals surface area contributed by atoms with Gasteiger partial charge in [0.15, 0.2) is 0 Å². The number of aryl methyl sites for hydroxylation is 1. The van der Waals surface area contributed by atoms with Crippen molar-refractivity contribution in [3.05, 3.63) is 71.0 Å². The summed E-state index contributed by atoms with van der Waals surface area (Å²) in [4.78, 5) is 22.1. The molecule has 0 spiro atoms. The van der Waals surface area contributed by atoms with Gasteiger partial charge in [-0.2, -0.15) is 4.37 Å². The lowest BCUT2D eigenvalue weighted by Gasteiger charge is -2.21. The predicted octanol–water partition coefficient (Wildman–Crippen LogP) is 5.22. The number of rotatable bonds is 9. The van der Waals surface area contributed by atoms with E-state index in [1.165, 1.54) is 36.4 Å². The third-order valence-electron chi connectivity index (χ3n) is 6.28. The second kappa shape index (κ2) is 12.0. The van der Waals surface area contributed by atoms with Crippen molar-refractivity contribution in [1.82, 2.24) is 14.3 Å². The van der Waals surface area contributed by atoms with E-state index in [-0.39, 0.29) is 5.91 Å². The van der Waals surface area contributed by atoms with Crippen LogP contribution in [0.2, 0.25) is 0 Å². The van der Waals surface area contributed by atoms with Crippen LogP contribution in [0.3, 0.4) is 0 Å². The number of anilines is 1. The zero-order chi connectivity index (χ0) is 23.8. The van der Waals surface area contributed by atoms with Gasteiger partial charge in [0.2, 0.25) is 5.13 Å². The molecule has 0 aliphatic carbocycles. The van der Waals surface area contributed by atoms with Crippen molar-refractivity contribution in [1.29, 1.82) is 0 Å². The fourth-order valence-corrected chi connectivity index (χ4v) is 5.03. The lowest BCUT2D eigenvalue weighted by molar-refractivity contribution is 0.0767. The average Bonchev–Trinajstić information content (AvgIpc) is 3.19. The van der Waals surface area contributed by atoms with E-state index in [1.54, 1.807) is 7.11 Å². The number of hydrogen-bond acceptors (Lipinski definition) is 6. The first-order valence-corrected chi connectivity index (χ1v) is 13.0. The van der Waals surface area contributed by atoms with E-state index in [0.717, 1.165) is 60.3 Å². The molecule has 1 amide bonds. The maximum absolute atomic E-state index is 13.1. The molecule has 0 bridgehead atoms. The third kappa shape index (κ3) is 6.35. The Morgan fingerprint density at radius 3 is 2.68 bits per heavy atom. The molecule has 1 aromatic heterocycles. The third-order valence-corrected chi connectivity index (χ3v) is 7.09.